The lowest BCUT2D eigenvalue weighted by atomic mass is 10.1. The van der Waals surface area contributed by atoms with Crippen LogP contribution in [0.2, 0.25) is 0 Å². The van der Waals surface area contributed by atoms with Crippen LogP contribution in [-0.4, -0.2) is 15.2 Å². The van der Waals surface area contributed by atoms with E-state index in [-0.39, 0.29) is 0 Å². The van der Waals surface area contributed by atoms with Crippen LogP contribution in [0.4, 0.5) is 0 Å². The third-order valence-electron chi connectivity index (χ3n) is 10.3. The zero-order valence-corrected chi connectivity index (χ0v) is 31.0. The number of aryl methyl sites for hydroxylation is 6. The van der Waals surface area contributed by atoms with E-state index in [1.54, 1.807) is 15.6 Å². The summed E-state index contributed by atoms with van der Waals surface area (Å²) in [5.41, 5.74) is 12.7. The first-order valence-corrected chi connectivity index (χ1v) is 22.7. The smallest absolute Gasteiger partial charge is 0.0622 e. The van der Waals surface area contributed by atoms with Crippen LogP contribution < -0.4 is 15.6 Å². The van der Waals surface area contributed by atoms with Crippen molar-refractivity contribution in [3.05, 3.63) is 196 Å². The van der Waals surface area contributed by atoms with Crippen molar-refractivity contribution >= 4 is 30.7 Å². The summed E-state index contributed by atoms with van der Waals surface area (Å²) in [6.07, 6.45) is 0. The van der Waals surface area contributed by atoms with Gasteiger partial charge in [0, 0.05) is 0 Å². The lowest BCUT2D eigenvalue weighted by molar-refractivity contribution is 1.16. The van der Waals surface area contributed by atoms with Crippen LogP contribution >= 0.6 is 0 Å². The average molecular weight is 645 g/mol. The highest BCUT2D eigenvalue weighted by molar-refractivity contribution is 7.56. The maximum atomic E-state index is 2.60. The van der Waals surface area contributed by atoms with E-state index < -0.39 is 15.2 Å². The monoisotopic (exact) mass is 644 g/mol. The van der Waals surface area contributed by atoms with Gasteiger partial charge in [0.15, 0.2) is 0 Å². The Balaban J connectivity index is 1.89. The van der Waals surface area contributed by atoms with Crippen LogP contribution in [0.3, 0.4) is 0 Å². The minimum atomic E-state index is -2.84. The van der Waals surface area contributed by atoms with E-state index >= 15 is 0 Å². The van der Waals surface area contributed by atoms with Crippen molar-refractivity contribution in [3.63, 3.8) is 0 Å². The normalized spacial score (nSPS) is 11.9. The van der Waals surface area contributed by atoms with E-state index in [1.807, 2.05) is 0 Å². The quantitative estimate of drug-likeness (QED) is 0.103. The van der Waals surface area contributed by atoms with Gasteiger partial charge in [0.25, 0.3) is 0 Å². The first-order chi connectivity index (χ1) is 22.7. The molecule has 0 saturated heterocycles. The molecule has 2 heteroatoms. The van der Waals surface area contributed by atoms with Crippen molar-refractivity contribution < 1.29 is 0 Å². The van der Waals surface area contributed by atoms with E-state index in [0.29, 0.717) is 0 Å². The van der Waals surface area contributed by atoms with Gasteiger partial charge in [0.05, 0.1) is 7.59 Å². The predicted molar refractivity (Wildman–Crippen MR) is 209 cm³/mol. The summed E-state index contributed by atoms with van der Waals surface area (Å²) in [6.45, 7) is 14.0. The highest BCUT2D eigenvalue weighted by Gasteiger charge is 2.59. The Morgan fingerprint density at radius 3 is 0.894 bits per heavy atom. The molecular weight excluding hydrogens is 597 g/mol. The molecule has 0 unspecified atom stereocenters. The summed E-state index contributed by atoms with van der Waals surface area (Å²) in [7, 11) is -5.39. The average Bonchev–Trinajstić information content (AvgIpc) is 3.07. The molecule has 0 amide bonds. The van der Waals surface area contributed by atoms with E-state index in [9.17, 15) is 0 Å². The first-order valence-electron chi connectivity index (χ1n) is 17.1. The van der Waals surface area contributed by atoms with Gasteiger partial charge in [-0.2, -0.15) is 0 Å². The van der Waals surface area contributed by atoms with E-state index in [1.165, 1.54) is 50.1 Å². The first kappa shape index (κ1) is 32.7. The van der Waals surface area contributed by atoms with Crippen molar-refractivity contribution in [1.82, 2.24) is 0 Å². The molecular formula is C45H48Si2. The third kappa shape index (κ3) is 6.50. The molecule has 6 aromatic carbocycles. The lowest BCUT2D eigenvalue weighted by Crippen LogP contribution is -2.86. The Hall–Kier alpha value is -4.25. The molecule has 6 rings (SSSR count). The summed E-state index contributed by atoms with van der Waals surface area (Å²) in [6, 6.07) is 59.7. The highest BCUT2D eigenvalue weighted by atomic mass is 29.3. The topological polar surface area (TPSA) is 0 Å². The number of hydrogen-bond donors (Lipinski definition) is 0. The molecule has 47 heavy (non-hydrogen) atoms. The lowest BCUT2D eigenvalue weighted by Gasteiger charge is -2.52. The highest BCUT2D eigenvalue weighted by Crippen LogP contribution is 2.34. The SMILES string of the molecule is Cc1ccc(C)c([Si](c2cc(C)ccc2C)(c2cc(C)ccc2C)[Si](Cc2ccccc2)(Cc2ccccc2)Cc2ccccc2)c1. The molecule has 0 aliphatic heterocycles. The molecule has 0 radical (unpaired) electrons. The minimum absolute atomic E-state index is 1.11. The van der Waals surface area contributed by atoms with Gasteiger partial charge in [-0.1, -0.05) is 196 Å². The van der Waals surface area contributed by atoms with Gasteiger partial charge in [0.1, 0.15) is 7.59 Å². The molecule has 0 N–H and O–H groups in total. The molecule has 0 atom stereocenters. The van der Waals surface area contributed by atoms with Crippen LogP contribution in [0, 0.1) is 41.5 Å². The molecule has 6 aromatic rings. The van der Waals surface area contributed by atoms with Crippen LogP contribution in [0.15, 0.2) is 146 Å². The fourth-order valence-electron chi connectivity index (χ4n) is 8.26. The Morgan fingerprint density at radius 1 is 0.340 bits per heavy atom. The largest absolute Gasteiger partial charge is 0.141 e. The van der Waals surface area contributed by atoms with Crippen LogP contribution in [0.25, 0.3) is 0 Å². The molecule has 0 aliphatic carbocycles. The van der Waals surface area contributed by atoms with E-state index in [2.05, 4.69) is 187 Å². The van der Waals surface area contributed by atoms with Gasteiger partial charge >= 0.3 is 0 Å². The maximum absolute atomic E-state index is 2.84. The molecule has 0 aromatic heterocycles. The zero-order valence-electron chi connectivity index (χ0n) is 29.0. The molecule has 0 heterocycles. The zero-order chi connectivity index (χ0) is 33.0. The second-order valence-corrected chi connectivity index (χ2v) is 26.1. The number of hydrogen-bond acceptors (Lipinski definition) is 0. The molecule has 0 spiro atoms. The van der Waals surface area contributed by atoms with Crippen molar-refractivity contribution in [1.29, 1.82) is 0 Å². The molecule has 0 saturated carbocycles. The van der Waals surface area contributed by atoms with Gasteiger partial charge in [0.2, 0.25) is 0 Å². The summed E-state index contributed by atoms with van der Waals surface area (Å²) >= 11 is 0. The molecule has 0 bridgehead atoms. The van der Waals surface area contributed by atoms with Crippen LogP contribution in [-0.2, 0) is 18.1 Å². The molecule has 0 aliphatic rings. The minimum Gasteiger partial charge on any atom is -0.0622 e. The van der Waals surface area contributed by atoms with Crippen molar-refractivity contribution in [2.24, 2.45) is 0 Å². The Kier molecular flexibility index (Phi) is 9.63. The van der Waals surface area contributed by atoms with Gasteiger partial charge in [-0.3, -0.25) is 0 Å². The van der Waals surface area contributed by atoms with Gasteiger partial charge in [-0.15, -0.1) is 0 Å². The molecule has 0 fully saturated rings. The van der Waals surface area contributed by atoms with Crippen molar-refractivity contribution in [2.75, 3.05) is 0 Å². The van der Waals surface area contributed by atoms with Crippen LogP contribution in [0.1, 0.15) is 50.1 Å². The van der Waals surface area contributed by atoms with E-state index in [0.717, 1.165) is 18.1 Å². The summed E-state index contributed by atoms with van der Waals surface area (Å²) in [5.74, 6) is 0. The Morgan fingerprint density at radius 2 is 0.617 bits per heavy atom. The Bertz CT molecular complexity index is 1730. The fraction of sp³-hybridized carbons (Fsp3) is 0.200. The van der Waals surface area contributed by atoms with Crippen molar-refractivity contribution in [2.45, 2.75) is 59.7 Å². The van der Waals surface area contributed by atoms with Gasteiger partial charge in [-0.05, 0) is 75.2 Å². The second kappa shape index (κ2) is 13.9. The predicted octanol–water partition coefficient (Wildman–Crippen LogP) is 8.88. The maximum Gasteiger partial charge on any atom is 0.141 e. The molecule has 0 nitrogen and oxygen atoms in total. The Labute approximate surface area is 285 Å². The second-order valence-electron chi connectivity index (χ2n) is 14.0. The van der Waals surface area contributed by atoms with Crippen molar-refractivity contribution in [3.8, 4) is 0 Å². The standard InChI is InChI=1S/C45H48Si2/c1-34-22-25-37(4)43(28-34)47(44-29-35(2)23-26-38(44)5,45-30-36(3)24-27-39(45)6)46(31-40-16-10-7-11-17-40,32-41-18-12-8-13-19-41)33-42-20-14-9-15-21-42/h7-30H,31-33H2,1-6H3. The summed E-state index contributed by atoms with van der Waals surface area (Å²) in [4.78, 5) is 0. The van der Waals surface area contributed by atoms with Gasteiger partial charge in [-0.25, -0.2) is 0 Å². The number of benzene rings is 6. The molecule has 236 valence electrons. The number of rotatable bonds is 10. The fourth-order valence-corrected chi connectivity index (χ4v) is 30.2. The summed E-state index contributed by atoms with van der Waals surface area (Å²) < 4.78 is 0. The van der Waals surface area contributed by atoms with Gasteiger partial charge < -0.3 is 0 Å². The third-order valence-corrected chi connectivity index (χ3v) is 28.0. The summed E-state index contributed by atoms with van der Waals surface area (Å²) in [5, 5.41) is 4.82. The van der Waals surface area contributed by atoms with Crippen LogP contribution in [0.5, 0.6) is 0 Å². The van der Waals surface area contributed by atoms with E-state index in [4.69, 9.17) is 0 Å².